The average Bonchev–Trinajstić information content (AvgIpc) is 2.96. The summed E-state index contributed by atoms with van der Waals surface area (Å²) in [6, 6.07) is 5.68. The normalized spacial score (nSPS) is 13.9. The molecular weight excluding hydrogens is 362 g/mol. The number of nitrogens with one attached hydrogen (secondary N) is 1. The number of ether oxygens (including phenoxy) is 1. The van der Waals surface area contributed by atoms with Gasteiger partial charge in [0.2, 0.25) is 0 Å². The smallest absolute Gasteiger partial charge is 0.410 e. The van der Waals surface area contributed by atoms with Crippen molar-refractivity contribution in [1.29, 1.82) is 0 Å². The van der Waals surface area contributed by atoms with Crippen LogP contribution >= 0.6 is 11.3 Å². The number of nitrogens with zero attached hydrogens (tertiary/aromatic N) is 2. The van der Waals surface area contributed by atoms with E-state index in [4.69, 9.17) is 4.74 Å². The SMILES string of the molecule is Cc1cccc(C(=O)Nc2nc3c(s2)CN(C(=O)OC(C)(C)C)CC3)c1C. The zero-order chi connectivity index (χ0) is 19.8. The van der Waals surface area contributed by atoms with Gasteiger partial charge in [-0.1, -0.05) is 23.5 Å². The Morgan fingerprint density at radius 3 is 2.70 bits per heavy atom. The third kappa shape index (κ3) is 4.47. The molecule has 2 heterocycles. The summed E-state index contributed by atoms with van der Waals surface area (Å²) < 4.78 is 5.45. The molecule has 2 amide bonds. The molecule has 3 rings (SSSR count). The number of benzene rings is 1. The first-order chi connectivity index (χ1) is 12.6. The van der Waals surface area contributed by atoms with Crippen LogP contribution in [0.15, 0.2) is 18.2 Å². The molecule has 0 spiro atoms. The zero-order valence-corrected chi connectivity index (χ0v) is 17.2. The second-order valence-electron chi connectivity index (χ2n) is 7.74. The topological polar surface area (TPSA) is 71.5 Å². The van der Waals surface area contributed by atoms with Gasteiger partial charge in [0.1, 0.15) is 5.60 Å². The summed E-state index contributed by atoms with van der Waals surface area (Å²) in [5, 5.41) is 3.47. The lowest BCUT2D eigenvalue weighted by Crippen LogP contribution is -2.39. The van der Waals surface area contributed by atoms with Crippen molar-refractivity contribution in [2.75, 3.05) is 11.9 Å². The highest BCUT2D eigenvalue weighted by molar-refractivity contribution is 7.15. The highest BCUT2D eigenvalue weighted by Crippen LogP contribution is 2.29. The summed E-state index contributed by atoms with van der Waals surface area (Å²) in [6.45, 7) is 10.5. The molecule has 6 nitrogen and oxygen atoms in total. The maximum absolute atomic E-state index is 12.6. The van der Waals surface area contributed by atoms with E-state index < -0.39 is 5.60 Å². The van der Waals surface area contributed by atoms with E-state index in [-0.39, 0.29) is 12.0 Å². The minimum atomic E-state index is -0.518. The Hall–Kier alpha value is -2.41. The van der Waals surface area contributed by atoms with Crippen LogP contribution in [0.25, 0.3) is 0 Å². The van der Waals surface area contributed by atoms with Gasteiger partial charge in [0.05, 0.1) is 12.2 Å². The van der Waals surface area contributed by atoms with Crippen molar-refractivity contribution in [3.63, 3.8) is 0 Å². The van der Waals surface area contributed by atoms with Crippen molar-refractivity contribution >= 4 is 28.5 Å². The van der Waals surface area contributed by atoms with Crippen LogP contribution in [0.4, 0.5) is 9.93 Å². The molecule has 1 aromatic heterocycles. The second-order valence-corrected chi connectivity index (χ2v) is 8.83. The van der Waals surface area contributed by atoms with Gasteiger partial charge >= 0.3 is 6.09 Å². The van der Waals surface area contributed by atoms with Gasteiger partial charge in [-0.2, -0.15) is 0 Å². The van der Waals surface area contributed by atoms with Crippen molar-refractivity contribution in [3.8, 4) is 0 Å². The molecule has 144 valence electrons. The maximum Gasteiger partial charge on any atom is 0.410 e. The average molecular weight is 388 g/mol. The fourth-order valence-electron chi connectivity index (χ4n) is 2.89. The van der Waals surface area contributed by atoms with Gasteiger partial charge in [-0.3, -0.25) is 10.1 Å². The Morgan fingerprint density at radius 1 is 1.26 bits per heavy atom. The summed E-state index contributed by atoms with van der Waals surface area (Å²) in [5.41, 5.74) is 3.12. The van der Waals surface area contributed by atoms with E-state index in [1.165, 1.54) is 11.3 Å². The number of carbonyl (C=O) groups is 2. The molecule has 1 N–H and O–H groups in total. The van der Waals surface area contributed by atoms with Gasteiger partial charge in [-0.25, -0.2) is 9.78 Å². The highest BCUT2D eigenvalue weighted by atomic mass is 32.1. The quantitative estimate of drug-likeness (QED) is 0.834. The molecule has 0 radical (unpaired) electrons. The van der Waals surface area contributed by atoms with Crippen LogP contribution in [0.1, 0.15) is 52.8 Å². The Bertz CT molecular complexity index is 883. The van der Waals surface area contributed by atoms with Gasteiger partial charge < -0.3 is 9.64 Å². The molecule has 0 unspecified atom stereocenters. The molecule has 0 saturated heterocycles. The third-order valence-electron chi connectivity index (χ3n) is 4.45. The highest BCUT2D eigenvalue weighted by Gasteiger charge is 2.28. The van der Waals surface area contributed by atoms with Crippen molar-refractivity contribution < 1.29 is 14.3 Å². The van der Waals surface area contributed by atoms with Crippen molar-refractivity contribution in [2.24, 2.45) is 0 Å². The Kier molecular flexibility index (Phi) is 5.24. The molecule has 7 heteroatoms. The van der Waals surface area contributed by atoms with Gasteiger partial charge in [-0.15, -0.1) is 0 Å². The largest absolute Gasteiger partial charge is 0.444 e. The standard InChI is InChI=1S/C20H25N3O3S/c1-12-7-6-8-14(13(12)2)17(24)22-18-21-15-9-10-23(11-16(15)27-18)19(25)26-20(3,4)5/h6-8H,9-11H2,1-5H3,(H,21,22,24). The Morgan fingerprint density at radius 2 is 2.00 bits per heavy atom. The first-order valence-electron chi connectivity index (χ1n) is 8.98. The van der Waals surface area contributed by atoms with Crippen LogP contribution < -0.4 is 5.32 Å². The number of carbonyl (C=O) groups excluding carboxylic acids is 2. The first-order valence-corrected chi connectivity index (χ1v) is 9.80. The molecule has 2 aromatic rings. The number of aryl methyl sites for hydroxylation is 1. The lowest BCUT2D eigenvalue weighted by atomic mass is 10.0. The van der Waals surface area contributed by atoms with Crippen LogP contribution in [0, 0.1) is 13.8 Å². The number of rotatable bonds is 2. The number of aromatic nitrogens is 1. The molecule has 0 fully saturated rings. The van der Waals surface area contributed by atoms with E-state index >= 15 is 0 Å². The first kappa shape index (κ1) is 19.4. The minimum absolute atomic E-state index is 0.161. The molecule has 1 aromatic carbocycles. The van der Waals surface area contributed by atoms with Crippen LogP contribution in [0.2, 0.25) is 0 Å². The molecule has 1 aliphatic rings. The number of hydrogen-bond acceptors (Lipinski definition) is 5. The van der Waals surface area contributed by atoms with E-state index in [9.17, 15) is 9.59 Å². The van der Waals surface area contributed by atoms with Gasteiger partial charge in [0.15, 0.2) is 5.13 Å². The molecule has 0 saturated carbocycles. The molecule has 0 bridgehead atoms. The van der Waals surface area contributed by atoms with E-state index in [2.05, 4.69) is 10.3 Å². The Labute approximate surface area is 163 Å². The predicted octanol–water partition coefficient (Wildman–Crippen LogP) is 4.31. The van der Waals surface area contributed by atoms with Crippen LogP contribution in [-0.4, -0.2) is 34.0 Å². The summed E-state index contributed by atoms with van der Waals surface area (Å²) in [7, 11) is 0. The monoisotopic (exact) mass is 387 g/mol. The number of fused-ring (bicyclic) bond motifs is 1. The van der Waals surface area contributed by atoms with Crippen molar-refractivity contribution in [3.05, 3.63) is 45.5 Å². The number of thiazole rings is 1. The Balaban J connectivity index is 1.71. The summed E-state index contributed by atoms with van der Waals surface area (Å²) in [4.78, 5) is 32.1. The molecular formula is C20H25N3O3S. The van der Waals surface area contributed by atoms with Crippen LogP contribution in [-0.2, 0) is 17.7 Å². The fourth-order valence-corrected chi connectivity index (χ4v) is 3.91. The van der Waals surface area contributed by atoms with Gasteiger partial charge in [-0.05, 0) is 51.8 Å². The second kappa shape index (κ2) is 7.31. The summed E-state index contributed by atoms with van der Waals surface area (Å²) >= 11 is 1.42. The number of hydrogen-bond donors (Lipinski definition) is 1. The summed E-state index contributed by atoms with van der Waals surface area (Å²) in [5.74, 6) is -0.161. The number of anilines is 1. The van der Waals surface area contributed by atoms with E-state index in [1.54, 1.807) is 4.90 Å². The lowest BCUT2D eigenvalue weighted by molar-refractivity contribution is 0.0225. The van der Waals surface area contributed by atoms with Crippen molar-refractivity contribution in [1.82, 2.24) is 9.88 Å². The number of amides is 2. The minimum Gasteiger partial charge on any atom is -0.444 e. The third-order valence-corrected chi connectivity index (χ3v) is 5.45. The van der Waals surface area contributed by atoms with E-state index in [1.807, 2.05) is 52.8 Å². The molecule has 0 atom stereocenters. The predicted molar refractivity (Wildman–Crippen MR) is 106 cm³/mol. The van der Waals surface area contributed by atoms with Crippen molar-refractivity contribution in [2.45, 2.75) is 53.2 Å². The van der Waals surface area contributed by atoms with Crippen LogP contribution in [0.3, 0.4) is 0 Å². The zero-order valence-electron chi connectivity index (χ0n) is 16.4. The summed E-state index contributed by atoms with van der Waals surface area (Å²) in [6.07, 6.45) is 0.340. The fraction of sp³-hybridized carbons (Fsp3) is 0.450. The van der Waals surface area contributed by atoms with Gasteiger partial charge in [0.25, 0.3) is 5.91 Å². The molecule has 0 aliphatic carbocycles. The lowest BCUT2D eigenvalue weighted by Gasteiger charge is -2.29. The van der Waals surface area contributed by atoms with E-state index in [0.717, 1.165) is 21.7 Å². The van der Waals surface area contributed by atoms with Gasteiger partial charge in [0, 0.05) is 23.4 Å². The van der Waals surface area contributed by atoms with Crippen LogP contribution in [0.5, 0.6) is 0 Å². The van der Waals surface area contributed by atoms with E-state index in [0.29, 0.717) is 30.2 Å². The molecule has 1 aliphatic heterocycles. The molecule has 27 heavy (non-hydrogen) atoms. The maximum atomic E-state index is 12.6.